The Balaban J connectivity index is 2.92. The zero-order chi connectivity index (χ0) is 7.56. The third-order valence-corrected chi connectivity index (χ3v) is 1.86. The Hall–Kier alpha value is -0.640. The van der Waals surface area contributed by atoms with Gasteiger partial charge in [-0.25, -0.2) is 4.98 Å². The lowest BCUT2D eigenvalue weighted by Gasteiger charge is -2.06. The predicted octanol–water partition coefficient (Wildman–Crippen LogP) is 1.51. The highest BCUT2D eigenvalue weighted by Gasteiger charge is 1.97. The van der Waals surface area contributed by atoms with Crippen molar-refractivity contribution in [1.29, 1.82) is 0 Å². The molecule has 0 N–H and O–H groups in total. The van der Waals surface area contributed by atoms with Gasteiger partial charge < -0.3 is 9.94 Å². The van der Waals surface area contributed by atoms with E-state index >= 15 is 0 Å². The van der Waals surface area contributed by atoms with Crippen LogP contribution in [0, 0.1) is 5.21 Å². The van der Waals surface area contributed by atoms with Crippen molar-refractivity contribution in [2.45, 2.75) is 18.4 Å². The molecule has 0 aliphatic rings. The largest absolute Gasteiger partial charge is 0.805 e. The number of hydrogen-bond donors (Lipinski definition) is 0. The number of aromatic nitrogens is 2. The van der Waals surface area contributed by atoms with Crippen LogP contribution in [0.15, 0.2) is 11.2 Å². The van der Waals surface area contributed by atoms with Crippen molar-refractivity contribution >= 4 is 11.8 Å². The van der Waals surface area contributed by atoms with Gasteiger partial charge in [0, 0.05) is 12.6 Å². The van der Waals surface area contributed by atoms with Crippen LogP contribution >= 0.6 is 11.8 Å². The minimum Gasteiger partial charge on any atom is -0.805 e. The van der Waals surface area contributed by atoms with Crippen molar-refractivity contribution in [1.82, 2.24) is 9.71 Å². The highest BCUT2D eigenvalue weighted by Crippen LogP contribution is 2.12. The molecule has 0 aliphatic heterocycles. The van der Waals surface area contributed by atoms with Crippen molar-refractivity contribution in [2.24, 2.45) is 0 Å². The summed E-state index contributed by atoms with van der Waals surface area (Å²) in [6.45, 7) is 1.92. The molecule has 0 amide bonds. The molecule has 0 atom stereocenters. The first kappa shape index (κ1) is 7.47. The molecule has 0 fully saturated rings. The molecular weight excluding hydrogens is 148 g/mol. The van der Waals surface area contributed by atoms with Gasteiger partial charge in [-0.1, -0.05) is 6.92 Å². The Bertz CT molecular complexity index is 222. The third-order valence-electron chi connectivity index (χ3n) is 1.25. The molecule has 1 aromatic heterocycles. The van der Waals surface area contributed by atoms with Gasteiger partial charge in [0.2, 0.25) is 0 Å². The number of thioether (sulfide) groups is 1. The van der Waals surface area contributed by atoms with Gasteiger partial charge in [-0.2, -0.15) is 0 Å². The fourth-order valence-electron chi connectivity index (χ4n) is 0.713. The van der Waals surface area contributed by atoms with Gasteiger partial charge >= 0.3 is 0 Å². The molecule has 0 aromatic carbocycles. The van der Waals surface area contributed by atoms with Gasteiger partial charge in [0.25, 0.3) is 0 Å². The monoisotopic (exact) mass is 157 g/mol. The molecule has 1 rings (SSSR count). The number of imidazole rings is 1. The molecule has 10 heavy (non-hydrogen) atoms. The van der Waals surface area contributed by atoms with Gasteiger partial charge in [0.15, 0.2) is 0 Å². The third kappa shape index (κ3) is 1.26. The van der Waals surface area contributed by atoms with Crippen LogP contribution < -0.4 is 0 Å². The molecule has 0 radical (unpaired) electrons. The van der Waals surface area contributed by atoms with E-state index in [0.29, 0.717) is 12.2 Å². The van der Waals surface area contributed by atoms with Gasteiger partial charge in [-0.3, -0.25) is 0 Å². The van der Waals surface area contributed by atoms with Gasteiger partial charge in [-0.15, -0.1) is 11.8 Å². The van der Waals surface area contributed by atoms with E-state index in [4.69, 9.17) is 0 Å². The molecule has 0 saturated heterocycles. The standard InChI is InChI=1S/C6H9N2OS/c1-3-5-7-6(10-2)4-8(5)9/h4H,3H2,1-2H3/q-1. The maximum Gasteiger partial charge on any atom is 0.114 e. The predicted molar refractivity (Wildman–Crippen MR) is 42.2 cm³/mol. The van der Waals surface area contributed by atoms with E-state index in [1.165, 1.54) is 18.0 Å². The molecule has 1 aromatic rings. The molecular formula is C6H9N2OS-. The summed E-state index contributed by atoms with van der Waals surface area (Å²) in [5.41, 5.74) is 0. The average Bonchev–Trinajstić information content (AvgIpc) is 2.30. The fourth-order valence-corrected chi connectivity index (χ4v) is 1.11. The van der Waals surface area contributed by atoms with E-state index < -0.39 is 0 Å². The highest BCUT2D eigenvalue weighted by molar-refractivity contribution is 7.98. The lowest BCUT2D eigenvalue weighted by atomic mass is 10.5. The van der Waals surface area contributed by atoms with Gasteiger partial charge in [0.05, 0.1) is 0 Å². The van der Waals surface area contributed by atoms with Crippen LogP contribution in [0.3, 0.4) is 0 Å². The fraction of sp³-hybridized carbons (Fsp3) is 0.500. The Morgan fingerprint density at radius 1 is 1.80 bits per heavy atom. The quantitative estimate of drug-likeness (QED) is 0.611. The van der Waals surface area contributed by atoms with Crippen LogP contribution in [0.4, 0.5) is 0 Å². The molecule has 1 heterocycles. The molecule has 0 bridgehead atoms. The molecule has 4 heteroatoms. The van der Waals surface area contributed by atoms with Crippen LogP contribution in [-0.4, -0.2) is 16.0 Å². The topological polar surface area (TPSA) is 40.9 Å². The molecule has 0 saturated carbocycles. The number of rotatable bonds is 2. The molecule has 0 aliphatic carbocycles. The van der Waals surface area contributed by atoms with Crippen LogP contribution in [0.5, 0.6) is 0 Å². The number of hydrogen-bond acceptors (Lipinski definition) is 3. The van der Waals surface area contributed by atoms with E-state index in [-0.39, 0.29) is 0 Å². The summed E-state index contributed by atoms with van der Waals surface area (Å²) in [7, 11) is 0. The SMILES string of the molecule is CCc1nc(SC)cn1[O-]. The first-order chi connectivity index (χ1) is 4.77. The first-order valence-corrected chi connectivity index (χ1v) is 4.30. The minimum atomic E-state index is 0.601. The number of nitrogens with zero attached hydrogens (tertiary/aromatic N) is 2. The summed E-state index contributed by atoms with van der Waals surface area (Å²) in [6, 6.07) is 0. The van der Waals surface area contributed by atoms with Crippen LogP contribution in [0.25, 0.3) is 0 Å². The summed E-state index contributed by atoms with van der Waals surface area (Å²) in [5, 5.41) is 11.7. The Morgan fingerprint density at radius 2 is 2.50 bits per heavy atom. The molecule has 0 unspecified atom stereocenters. The minimum absolute atomic E-state index is 0.601. The van der Waals surface area contributed by atoms with Gasteiger partial charge in [-0.05, 0) is 6.26 Å². The first-order valence-electron chi connectivity index (χ1n) is 3.07. The number of aryl methyl sites for hydroxylation is 1. The summed E-state index contributed by atoms with van der Waals surface area (Å²) in [4.78, 5) is 4.06. The van der Waals surface area contributed by atoms with Gasteiger partial charge in [0.1, 0.15) is 10.9 Å². The van der Waals surface area contributed by atoms with E-state index in [1.54, 1.807) is 0 Å². The van der Waals surface area contributed by atoms with E-state index in [9.17, 15) is 5.21 Å². The van der Waals surface area contributed by atoms with Crippen molar-refractivity contribution < 1.29 is 0 Å². The second-order valence-corrected chi connectivity index (χ2v) is 2.71. The Kier molecular flexibility index (Phi) is 2.21. The lowest BCUT2D eigenvalue weighted by Crippen LogP contribution is -1.91. The average molecular weight is 157 g/mol. The second kappa shape index (κ2) is 2.96. The summed E-state index contributed by atoms with van der Waals surface area (Å²) < 4.78 is 0.825. The van der Waals surface area contributed by atoms with E-state index in [1.807, 2.05) is 13.2 Å². The molecule has 56 valence electrons. The smallest absolute Gasteiger partial charge is 0.114 e. The van der Waals surface area contributed by atoms with Crippen molar-refractivity contribution in [3.8, 4) is 0 Å². The zero-order valence-corrected chi connectivity index (χ0v) is 6.81. The maximum absolute atomic E-state index is 10.9. The summed E-state index contributed by atoms with van der Waals surface area (Å²) in [5.74, 6) is 0.601. The van der Waals surface area contributed by atoms with Crippen molar-refractivity contribution in [3.05, 3.63) is 17.2 Å². The Morgan fingerprint density at radius 3 is 2.80 bits per heavy atom. The normalized spacial score (nSPS) is 10.2. The van der Waals surface area contributed by atoms with E-state index in [0.717, 1.165) is 9.76 Å². The summed E-state index contributed by atoms with van der Waals surface area (Å²) in [6.07, 6.45) is 4.11. The molecule has 0 spiro atoms. The van der Waals surface area contributed by atoms with Crippen molar-refractivity contribution in [2.75, 3.05) is 6.26 Å². The highest BCUT2D eigenvalue weighted by atomic mass is 32.2. The molecule has 3 nitrogen and oxygen atoms in total. The maximum atomic E-state index is 10.9. The lowest BCUT2D eigenvalue weighted by molar-refractivity contribution is 0.892. The second-order valence-electron chi connectivity index (χ2n) is 1.88. The van der Waals surface area contributed by atoms with E-state index in [2.05, 4.69) is 4.98 Å². The Labute approximate surface area is 64.0 Å². The van der Waals surface area contributed by atoms with Crippen LogP contribution in [0.2, 0.25) is 0 Å². The van der Waals surface area contributed by atoms with Crippen LogP contribution in [0.1, 0.15) is 12.7 Å². The summed E-state index contributed by atoms with van der Waals surface area (Å²) >= 11 is 1.49. The van der Waals surface area contributed by atoms with Crippen molar-refractivity contribution in [3.63, 3.8) is 0 Å². The van der Waals surface area contributed by atoms with Crippen LogP contribution in [-0.2, 0) is 6.42 Å². The zero-order valence-electron chi connectivity index (χ0n) is 6.00.